The summed E-state index contributed by atoms with van der Waals surface area (Å²) < 4.78 is 0.821. The molecule has 2 aromatic rings. The largest absolute Gasteiger partial charge is 0.325 e. The molecule has 0 aromatic heterocycles. The molecular weight excluding hydrogens is 316 g/mol. The monoisotopic (exact) mass is 328 g/mol. The van der Waals surface area contributed by atoms with Crippen LogP contribution >= 0.6 is 15.9 Å². The third-order valence-electron chi connectivity index (χ3n) is 2.86. The van der Waals surface area contributed by atoms with E-state index >= 15 is 0 Å². The number of nitrogens with one attached hydrogen (secondary N) is 1. The number of hydrogen-bond donors (Lipinski definition) is 1. The van der Waals surface area contributed by atoms with E-state index in [0.717, 1.165) is 15.6 Å². The molecule has 2 rings (SSSR count). The maximum atomic E-state index is 12.0. The Morgan fingerprint density at radius 2 is 1.95 bits per heavy atom. The lowest BCUT2D eigenvalue weighted by Crippen LogP contribution is -2.15. The molecule has 0 spiro atoms. The first-order chi connectivity index (χ1) is 9.58. The Morgan fingerprint density at radius 1 is 1.25 bits per heavy atom. The van der Waals surface area contributed by atoms with Gasteiger partial charge in [-0.15, -0.1) is 0 Å². The molecule has 3 nitrogen and oxygen atoms in total. The SMILES string of the molecule is Cc1ccc(CC(=O)Nc2cc(Br)ccc2C#N)cc1. The predicted octanol–water partition coefficient (Wildman–Crippen LogP) is 3.81. The molecule has 2 aromatic carbocycles. The zero-order valence-electron chi connectivity index (χ0n) is 11.0. The third-order valence-corrected chi connectivity index (χ3v) is 3.35. The Morgan fingerprint density at radius 3 is 2.60 bits per heavy atom. The number of benzene rings is 2. The fraction of sp³-hybridized carbons (Fsp3) is 0.125. The molecule has 0 aliphatic heterocycles. The minimum absolute atomic E-state index is 0.136. The van der Waals surface area contributed by atoms with Gasteiger partial charge in [0.25, 0.3) is 0 Å². The molecule has 4 heteroatoms. The number of hydrogen-bond acceptors (Lipinski definition) is 2. The van der Waals surface area contributed by atoms with Crippen LogP contribution < -0.4 is 5.32 Å². The molecule has 20 heavy (non-hydrogen) atoms. The van der Waals surface area contributed by atoms with Gasteiger partial charge in [0, 0.05) is 4.47 Å². The lowest BCUT2D eigenvalue weighted by molar-refractivity contribution is -0.115. The van der Waals surface area contributed by atoms with Crippen molar-refractivity contribution in [3.63, 3.8) is 0 Å². The molecule has 0 unspecified atom stereocenters. The number of amides is 1. The Balaban J connectivity index is 2.10. The van der Waals surface area contributed by atoms with E-state index < -0.39 is 0 Å². The number of nitrogens with zero attached hydrogens (tertiary/aromatic N) is 1. The predicted molar refractivity (Wildman–Crippen MR) is 82.4 cm³/mol. The second-order valence-corrected chi connectivity index (χ2v) is 5.43. The van der Waals surface area contributed by atoms with Crippen molar-refractivity contribution in [3.8, 4) is 6.07 Å². The van der Waals surface area contributed by atoms with Crippen molar-refractivity contribution in [3.05, 3.63) is 63.6 Å². The van der Waals surface area contributed by atoms with Gasteiger partial charge in [0.1, 0.15) is 6.07 Å². The van der Waals surface area contributed by atoms with E-state index in [1.807, 2.05) is 31.2 Å². The van der Waals surface area contributed by atoms with Gasteiger partial charge in [-0.2, -0.15) is 5.26 Å². The number of aryl methyl sites for hydroxylation is 1. The molecule has 0 aliphatic carbocycles. The number of rotatable bonds is 3. The Labute approximate surface area is 126 Å². The topological polar surface area (TPSA) is 52.9 Å². The van der Waals surface area contributed by atoms with E-state index in [2.05, 4.69) is 27.3 Å². The molecule has 1 amide bonds. The number of halogens is 1. The van der Waals surface area contributed by atoms with E-state index in [1.165, 1.54) is 0 Å². The van der Waals surface area contributed by atoms with Crippen LogP contribution in [0.1, 0.15) is 16.7 Å². The lowest BCUT2D eigenvalue weighted by atomic mass is 10.1. The lowest BCUT2D eigenvalue weighted by Gasteiger charge is -2.08. The van der Waals surface area contributed by atoms with Gasteiger partial charge in [0.2, 0.25) is 5.91 Å². The average Bonchev–Trinajstić information content (AvgIpc) is 2.41. The normalized spacial score (nSPS) is 9.85. The minimum Gasteiger partial charge on any atom is -0.325 e. The van der Waals surface area contributed by atoms with E-state index in [-0.39, 0.29) is 12.3 Å². The molecule has 0 radical (unpaired) electrons. The molecule has 0 aliphatic rings. The number of nitriles is 1. The highest BCUT2D eigenvalue weighted by Gasteiger charge is 2.08. The molecule has 0 atom stereocenters. The van der Waals surface area contributed by atoms with Crippen molar-refractivity contribution in [2.75, 3.05) is 5.32 Å². The van der Waals surface area contributed by atoms with Crippen LogP contribution in [0.4, 0.5) is 5.69 Å². The maximum Gasteiger partial charge on any atom is 0.228 e. The fourth-order valence-corrected chi connectivity index (χ4v) is 2.16. The highest BCUT2D eigenvalue weighted by Crippen LogP contribution is 2.21. The van der Waals surface area contributed by atoms with Crippen LogP contribution in [0, 0.1) is 18.3 Å². The van der Waals surface area contributed by atoms with Crippen LogP contribution in [0.3, 0.4) is 0 Å². The smallest absolute Gasteiger partial charge is 0.228 e. The summed E-state index contributed by atoms with van der Waals surface area (Å²) in [6.07, 6.45) is 0.289. The van der Waals surface area contributed by atoms with Gasteiger partial charge < -0.3 is 5.32 Å². The Bertz CT molecular complexity index is 672. The van der Waals surface area contributed by atoms with Crippen LogP contribution in [0.2, 0.25) is 0 Å². The first-order valence-electron chi connectivity index (χ1n) is 6.13. The molecule has 1 N–H and O–H groups in total. The quantitative estimate of drug-likeness (QED) is 0.931. The Kier molecular flexibility index (Phi) is 4.54. The summed E-state index contributed by atoms with van der Waals surface area (Å²) in [5, 5.41) is 11.8. The zero-order valence-corrected chi connectivity index (χ0v) is 12.6. The van der Waals surface area contributed by atoms with Crippen LogP contribution in [0.5, 0.6) is 0 Å². The summed E-state index contributed by atoms with van der Waals surface area (Å²) in [4.78, 5) is 12.0. The van der Waals surface area contributed by atoms with E-state index in [1.54, 1.807) is 18.2 Å². The van der Waals surface area contributed by atoms with Crippen LogP contribution in [-0.4, -0.2) is 5.91 Å². The summed E-state index contributed by atoms with van der Waals surface area (Å²) in [6, 6.07) is 15.0. The van der Waals surface area contributed by atoms with Crippen molar-refractivity contribution in [2.45, 2.75) is 13.3 Å². The molecule has 0 saturated carbocycles. The van der Waals surface area contributed by atoms with Gasteiger partial charge in [-0.1, -0.05) is 45.8 Å². The van der Waals surface area contributed by atoms with Crippen molar-refractivity contribution < 1.29 is 4.79 Å². The van der Waals surface area contributed by atoms with Crippen molar-refractivity contribution in [2.24, 2.45) is 0 Å². The summed E-state index contributed by atoms with van der Waals surface area (Å²) in [5.74, 6) is -0.136. The first-order valence-corrected chi connectivity index (χ1v) is 6.93. The van der Waals surface area contributed by atoms with Gasteiger partial charge in [-0.3, -0.25) is 4.79 Å². The summed E-state index contributed by atoms with van der Waals surface area (Å²) in [5.41, 5.74) is 3.08. The molecule has 0 fully saturated rings. The van der Waals surface area contributed by atoms with Gasteiger partial charge in [-0.25, -0.2) is 0 Å². The maximum absolute atomic E-state index is 12.0. The second-order valence-electron chi connectivity index (χ2n) is 4.51. The van der Waals surface area contributed by atoms with Crippen LogP contribution in [0.15, 0.2) is 46.9 Å². The first kappa shape index (κ1) is 14.3. The van der Waals surface area contributed by atoms with Crippen LogP contribution in [0.25, 0.3) is 0 Å². The van der Waals surface area contributed by atoms with Crippen molar-refractivity contribution in [1.82, 2.24) is 0 Å². The molecular formula is C16H13BrN2O. The van der Waals surface area contributed by atoms with Gasteiger partial charge in [0.05, 0.1) is 17.7 Å². The van der Waals surface area contributed by atoms with E-state index in [9.17, 15) is 4.79 Å². The third kappa shape index (κ3) is 3.69. The van der Waals surface area contributed by atoms with Gasteiger partial charge in [-0.05, 0) is 30.7 Å². The highest BCUT2D eigenvalue weighted by atomic mass is 79.9. The summed E-state index contributed by atoms with van der Waals surface area (Å²) in [6.45, 7) is 2.00. The molecule has 0 bridgehead atoms. The zero-order chi connectivity index (χ0) is 14.5. The van der Waals surface area contributed by atoms with Crippen molar-refractivity contribution in [1.29, 1.82) is 5.26 Å². The van der Waals surface area contributed by atoms with Crippen molar-refractivity contribution >= 4 is 27.5 Å². The highest BCUT2D eigenvalue weighted by molar-refractivity contribution is 9.10. The average molecular weight is 329 g/mol. The fourth-order valence-electron chi connectivity index (χ4n) is 1.80. The molecule has 0 saturated heterocycles. The standard InChI is InChI=1S/C16H13BrN2O/c1-11-2-4-12(5-3-11)8-16(20)19-15-9-14(17)7-6-13(15)10-18/h2-7,9H,8H2,1H3,(H,19,20). The molecule has 100 valence electrons. The Hall–Kier alpha value is -2.12. The second kappa shape index (κ2) is 6.36. The van der Waals surface area contributed by atoms with Gasteiger partial charge >= 0.3 is 0 Å². The van der Waals surface area contributed by atoms with E-state index in [0.29, 0.717) is 11.3 Å². The molecule has 0 heterocycles. The minimum atomic E-state index is -0.136. The van der Waals surface area contributed by atoms with Gasteiger partial charge in [0.15, 0.2) is 0 Å². The van der Waals surface area contributed by atoms with E-state index in [4.69, 9.17) is 5.26 Å². The summed E-state index contributed by atoms with van der Waals surface area (Å²) in [7, 11) is 0. The summed E-state index contributed by atoms with van der Waals surface area (Å²) >= 11 is 3.33. The number of carbonyl (C=O) groups excluding carboxylic acids is 1. The number of carbonyl (C=O) groups is 1. The number of anilines is 1. The van der Waals surface area contributed by atoms with Crippen LogP contribution in [-0.2, 0) is 11.2 Å².